The van der Waals surface area contributed by atoms with Crippen LogP contribution in [-0.4, -0.2) is 28.9 Å². The predicted octanol–water partition coefficient (Wildman–Crippen LogP) is 2.92. The standard InChI is InChI=1S/C16H27BN2O2/c1-12-10-18-19(13-8-6-7-9-20-13)14(12)17-11-15(2,3)16(4,5)21-17/h10,13H,6-9,11H2,1-5H3. The molecule has 0 bridgehead atoms. The molecule has 1 unspecified atom stereocenters. The fourth-order valence-electron chi connectivity index (χ4n) is 3.42. The van der Waals surface area contributed by atoms with E-state index >= 15 is 0 Å². The predicted molar refractivity (Wildman–Crippen MR) is 84.9 cm³/mol. The Hall–Kier alpha value is -0.805. The Morgan fingerprint density at radius 2 is 2.05 bits per heavy atom. The van der Waals surface area contributed by atoms with Gasteiger partial charge in [-0.25, -0.2) is 4.68 Å². The topological polar surface area (TPSA) is 36.3 Å². The molecule has 2 saturated heterocycles. The van der Waals surface area contributed by atoms with Gasteiger partial charge >= 0.3 is 6.92 Å². The van der Waals surface area contributed by atoms with Gasteiger partial charge in [-0.05, 0) is 57.3 Å². The lowest BCUT2D eigenvalue weighted by Gasteiger charge is -2.34. The lowest BCUT2D eigenvalue weighted by Crippen LogP contribution is -2.42. The van der Waals surface area contributed by atoms with Crippen LogP contribution in [0.25, 0.3) is 0 Å². The molecular weight excluding hydrogens is 263 g/mol. The quantitative estimate of drug-likeness (QED) is 0.786. The van der Waals surface area contributed by atoms with Crippen molar-refractivity contribution in [3.05, 3.63) is 11.8 Å². The van der Waals surface area contributed by atoms with Gasteiger partial charge in [0.15, 0.2) is 0 Å². The summed E-state index contributed by atoms with van der Waals surface area (Å²) in [5.74, 6) is 0. The Morgan fingerprint density at radius 1 is 1.29 bits per heavy atom. The smallest absolute Gasteiger partial charge is 0.347 e. The van der Waals surface area contributed by atoms with Gasteiger partial charge in [0.25, 0.3) is 0 Å². The summed E-state index contributed by atoms with van der Waals surface area (Å²) in [6.45, 7) is 12.1. The molecule has 0 aromatic carbocycles. The van der Waals surface area contributed by atoms with Crippen LogP contribution in [0.5, 0.6) is 0 Å². The molecule has 2 aliphatic heterocycles. The molecule has 116 valence electrons. The van der Waals surface area contributed by atoms with E-state index in [1.807, 2.05) is 6.20 Å². The van der Waals surface area contributed by atoms with E-state index in [1.54, 1.807) is 0 Å². The van der Waals surface area contributed by atoms with Gasteiger partial charge in [0.2, 0.25) is 0 Å². The van der Waals surface area contributed by atoms with E-state index < -0.39 is 0 Å². The number of ether oxygens (including phenoxy) is 1. The highest BCUT2D eigenvalue weighted by Crippen LogP contribution is 2.45. The number of nitrogens with zero attached hydrogens (tertiary/aromatic N) is 2. The number of rotatable bonds is 2. The molecule has 5 heteroatoms. The van der Waals surface area contributed by atoms with Gasteiger partial charge in [0, 0.05) is 12.2 Å². The second-order valence-electron chi connectivity index (χ2n) is 7.68. The van der Waals surface area contributed by atoms with E-state index in [1.165, 1.54) is 17.6 Å². The molecule has 3 rings (SSSR count). The first-order valence-electron chi connectivity index (χ1n) is 8.15. The van der Waals surface area contributed by atoms with Crippen molar-refractivity contribution in [3.8, 4) is 0 Å². The zero-order valence-electron chi connectivity index (χ0n) is 14.0. The summed E-state index contributed by atoms with van der Waals surface area (Å²) >= 11 is 0. The third-order valence-corrected chi connectivity index (χ3v) is 5.52. The monoisotopic (exact) mass is 290 g/mol. The number of hydrogen-bond donors (Lipinski definition) is 0. The van der Waals surface area contributed by atoms with Crippen LogP contribution < -0.4 is 5.59 Å². The molecule has 0 amide bonds. The Balaban J connectivity index is 1.91. The third-order valence-electron chi connectivity index (χ3n) is 5.52. The number of aryl methyl sites for hydroxylation is 1. The maximum atomic E-state index is 6.40. The highest BCUT2D eigenvalue weighted by molar-refractivity contribution is 6.68. The zero-order valence-corrected chi connectivity index (χ0v) is 14.0. The zero-order chi connectivity index (χ0) is 15.3. The Labute approximate surface area is 128 Å². The van der Waals surface area contributed by atoms with Gasteiger partial charge in [0.05, 0.1) is 11.8 Å². The van der Waals surface area contributed by atoms with Gasteiger partial charge in [-0.1, -0.05) is 13.8 Å². The molecule has 0 aliphatic carbocycles. The van der Waals surface area contributed by atoms with Crippen molar-refractivity contribution in [1.82, 2.24) is 9.78 Å². The SMILES string of the molecule is Cc1cnn(C2CCCCO2)c1B1CC(C)(C)C(C)(C)O1. The van der Waals surface area contributed by atoms with Crippen LogP contribution in [0.1, 0.15) is 58.7 Å². The Kier molecular flexibility index (Phi) is 3.69. The Morgan fingerprint density at radius 3 is 2.62 bits per heavy atom. The molecule has 1 aromatic heterocycles. The fourth-order valence-corrected chi connectivity index (χ4v) is 3.42. The maximum Gasteiger partial charge on any atom is 0.347 e. The highest BCUT2D eigenvalue weighted by Gasteiger charge is 2.51. The van der Waals surface area contributed by atoms with Crippen LogP contribution in [-0.2, 0) is 9.39 Å². The second kappa shape index (κ2) is 5.13. The third kappa shape index (κ3) is 2.55. The minimum atomic E-state index is -0.118. The number of hydrogen-bond acceptors (Lipinski definition) is 3. The summed E-state index contributed by atoms with van der Waals surface area (Å²) < 4.78 is 14.4. The summed E-state index contributed by atoms with van der Waals surface area (Å²) in [7, 11) is 0. The summed E-state index contributed by atoms with van der Waals surface area (Å²) in [5, 5.41) is 4.59. The first kappa shape index (κ1) is 15.1. The van der Waals surface area contributed by atoms with E-state index in [4.69, 9.17) is 9.39 Å². The molecule has 2 aliphatic rings. The van der Waals surface area contributed by atoms with Crippen LogP contribution >= 0.6 is 0 Å². The van der Waals surface area contributed by atoms with Crippen LogP contribution in [0, 0.1) is 12.3 Å². The summed E-state index contributed by atoms with van der Waals surface area (Å²) in [4.78, 5) is 0. The molecule has 0 radical (unpaired) electrons. The minimum Gasteiger partial charge on any atom is -0.424 e. The van der Waals surface area contributed by atoms with Gasteiger partial charge in [0.1, 0.15) is 6.23 Å². The van der Waals surface area contributed by atoms with Crippen LogP contribution in [0.3, 0.4) is 0 Å². The van der Waals surface area contributed by atoms with Crippen molar-refractivity contribution in [3.63, 3.8) is 0 Å². The molecule has 4 nitrogen and oxygen atoms in total. The molecule has 1 aromatic rings. The molecule has 0 N–H and O–H groups in total. The molecule has 3 heterocycles. The van der Waals surface area contributed by atoms with Crippen molar-refractivity contribution in [2.75, 3.05) is 6.61 Å². The van der Waals surface area contributed by atoms with Gasteiger partial charge in [-0.15, -0.1) is 0 Å². The first-order chi connectivity index (χ1) is 9.82. The first-order valence-corrected chi connectivity index (χ1v) is 8.15. The summed E-state index contributed by atoms with van der Waals surface area (Å²) in [5.41, 5.74) is 2.46. The summed E-state index contributed by atoms with van der Waals surface area (Å²) in [6.07, 6.45) is 6.48. The molecule has 1 atom stereocenters. The van der Waals surface area contributed by atoms with Crippen molar-refractivity contribution in [2.45, 2.75) is 72.0 Å². The molecular formula is C16H27BN2O2. The van der Waals surface area contributed by atoms with E-state index in [2.05, 4.69) is 44.4 Å². The Bertz CT molecular complexity index is 502. The van der Waals surface area contributed by atoms with Crippen LogP contribution in [0.4, 0.5) is 0 Å². The van der Waals surface area contributed by atoms with Gasteiger partial charge < -0.3 is 9.39 Å². The largest absolute Gasteiger partial charge is 0.424 e. The van der Waals surface area contributed by atoms with E-state index in [9.17, 15) is 0 Å². The number of aromatic nitrogens is 2. The van der Waals surface area contributed by atoms with Gasteiger partial charge in [-0.3, -0.25) is 0 Å². The van der Waals surface area contributed by atoms with E-state index in [-0.39, 0.29) is 24.2 Å². The molecule has 0 spiro atoms. The van der Waals surface area contributed by atoms with Crippen molar-refractivity contribution in [1.29, 1.82) is 0 Å². The summed E-state index contributed by atoms with van der Waals surface area (Å²) in [6, 6.07) is 0. The fraction of sp³-hybridized carbons (Fsp3) is 0.812. The van der Waals surface area contributed by atoms with E-state index in [0.29, 0.717) is 0 Å². The van der Waals surface area contributed by atoms with Gasteiger partial charge in [-0.2, -0.15) is 5.10 Å². The normalized spacial score (nSPS) is 28.0. The van der Waals surface area contributed by atoms with Crippen molar-refractivity contribution < 1.29 is 9.39 Å². The van der Waals surface area contributed by atoms with Crippen LogP contribution in [0.2, 0.25) is 6.32 Å². The molecule has 0 saturated carbocycles. The van der Waals surface area contributed by atoms with E-state index in [0.717, 1.165) is 25.8 Å². The minimum absolute atomic E-state index is 0.0814. The van der Waals surface area contributed by atoms with Crippen molar-refractivity contribution in [2.24, 2.45) is 5.41 Å². The second-order valence-corrected chi connectivity index (χ2v) is 7.68. The maximum absolute atomic E-state index is 6.40. The molecule has 2 fully saturated rings. The lowest BCUT2D eigenvalue weighted by atomic mass is 9.55. The highest BCUT2D eigenvalue weighted by atomic mass is 16.5. The van der Waals surface area contributed by atoms with Crippen molar-refractivity contribution >= 4 is 12.5 Å². The van der Waals surface area contributed by atoms with Crippen LogP contribution in [0.15, 0.2) is 6.20 Å². The average molecular weight is 290 g/mol. The lowest BCUT2D eigenvalue weighted by molar-refractivity contribution is -0.0379. The average Bonchev–Trinajstić information content (AvgIpc) is 2.89. The molecule has 21 heavy (non-hydrogen) atoms.